The Morgan fingerprint density at radius 3 is 2.31 bits per heavy atom. The molecule has 16 heavy (non-hydrogen) atoms. The molecule has 1 aromatic carbocycles. The molecule has 0 heterocycles. The second-order valence-corrected chi connectivity index (χ2v) is 5.37. The van der Waals surface area contributed by atoms with Crippen molar-refractivity contribution >= 4 is 22.6 Å². The summed E-state index contributed by atoms with van der Waals surface area (Å²) in [5, 5.41) is 18.1. The normalized spacial score (nSPS) is 11.8. The van der Waals surface area contributed by atoms with Crippen LogP contribution in [0.5, 0.6) is 0 Å². The van der Waals surface area contributed by atoms with Crippen molar-refractivity contribution in [2.45, 2.75) is 24.8 Å². The fourth-order valence-corrected chi connectivity index (χ4v) is 2.80. The number of nitrogens with one attached hydrogen (secondary N) is 1. The molecular formula is C9H14BNO4S. The number of benzene rings is 1. The first kappa shape index (κ1) is 13.2. The molecule has 0 aliphatic rings. The van der Waals surface area contributed by atoms with Crippen molar-refractivity contribution in [2.75, 3.05) is 0 Å². The molecule has 0 aliphatic heterocycles. The molecule has 0 aromatic heterocycles. The molecule has 0 spiro atoms. The van der Waals surface area contributed by atoms with Crippen molar-refractivity contribution < 1.29 is 18.5 Å². The van der Waals surface area contributed by atoms with Crippen LogP contribution in [0.15, 0.2) is 29.2 Å². The van der Waals surface area contributed by atoms with Crippen molar-refractivity contribution in [1.82, 2.24) is 4.72 Å². The van der Waals surface area contributed by atoms with Crippen molar-refractivity contribution in [1.29, 1.82) is 0 Å². The van der Waals surface area contributed by atoms with Gasteiger partial charge in [0.15, 0.2) is 0 Å². The van der Waals surface area contributed by atoms with E-state index in [1.807, 2.05) is 0 Å². The molecule has 1 rings (SSSR count). The SMILES string of the molecule is CC(C)NS(=O)(=O)c1ccccc1B(O)O. The van der Waals surface area contributed by atoms with Crippen LogP contribution in [-0.4, -0.2) is 31.6 Å². The minimum atomic E-state index is -3.71. The van der Waals surface area contributed by atoms with Gasteiger partial charge in [0.2, 0.25) is 10.0 Å². The Morgan fingerprint density at radius 1 is 1.25 bits per heavy atom. The second kappa shape index (κ2) is 4.96. The monoisotopic (exact) mass is 243 g/mol. The average Bonchev–Trinajstić information content (AvgIpc) is 2.15. The molecule has 0 amide bonds. The van der Waals surface area contributed by atoms with Gasteiger partial charge in [0.1, 0.15) is 0 Å². The zero-order valence-corrected chi connectivity index (χ0v) is 9.90. The van der Waals surface area contributed by atoms with Crippen LogP contribution in [-0.2, 0) is 10.0 Å². The lowest BCUT2D eigenvalue weighted by molar-refractivity contribution is 0.424. The third-order valence-electron chi connectivity index (χ3n) is 1.88. The van der Waals surface area contributed by atoms with Crippen LogP contribution < -0.4 is 10.2 Å². The molecule has 88 valence electrons. The van der Waals surface area contributed by atoms with E-state index < -0.39 is 17.1 Å². The van der Waals surface area contributed by atoms with Crippen molar-refractivity contribution in [2.24, 2.45) is 0 Å². The van der Waals surface area contributed by atoms with Crippen LogP contribution in [0.3, 0.4) is 0 Å². The second-order valence-electron chi connectivity index (χ2n) is 3.69. The van der Waals surface area contributed by atoms with E-state index in [2.05, 4.69) is 4.72 Å². The zero-order valence-electron chi connectivity index (χ0n) is 9.08. The maximum atomic E-state index is 11.8. The van der Waals surface area contributed by atoms with Gasteiger partial charge in [-0.15, -0.1) is 0 Å². The van der Waals surface area contributed by atoms with Crippen molar-refractivity contribution in [3.63, 3.8) is 0 Å². The van der Waals surface area contributed by atoms with E-state index in [1.54, 1.807) is 19.9 Å². The molecule has 0 saturated heterocycles. The standard InChI is InChI=1S/C9H14BNO4S/c1-7(2)11-16(14,15)9-6-4-3-5-8(9)10(12)13/h3-7,11-13H,1-2H3. The Kier molecular flexibility index (Phi) is 4.09. The van der Waals surface area contributed by atoms with Gasteiger partial charge in [-0.2, -0.15) is 0 Å². The molecule has 0 saturated carbocycles. The highest BCUT2D eigenvalue weighted by Gasteiger charge is 2.24. The maximum absolute atomic E-state index is 11.8. The molecule has 0 fully saturated rings. The van der Waals surface area contributed by atoms with E-state index in [4.69, 9.17) is 10.0 Å². The fraction of sp³-hybridized carbons (Fsp3) is 0.333. The van der Waals surface area contributed by atoms with Crippen LogP contribution in [0.1, 0.15) is 13.8 Å². The van der Waals surface area contributed by atoms with Crippen LogP contribution in [0.2, 0.25) is 0 Å². The smallest absolute Gasteiger partial charge is 0.423 e. The summed E-state index contributed by atoms with van der Waals surface area (Å²) >= 11 is 0. The zero-order chi connectivity index (χ0) is 12.3. The van der Waals surface area contributed by atoms with Gasteiger partial charge >= 0.3 is 7.12 Å². The van der Waals surface area contributed by atoms with E-state index in [1.165, 1.54) is 18.2 Å². The quantitative estimate of drug-likeness (QED) is 0.595. The molecule has 5 nitrogen and oxygen atoms in total. The predicted octanol–water partition coefficient (Wildman–Crippen LogP) is -0.947. The van der Waals surface area contributed by atoms with Crippen molar-refractivity contribution in [3.05, 3.63) is 24.3 Å². The van der Waals surface area contributed by atoms with E-state index in [0.29, 0.717) is 0 Å². The Hall–Kier alpha value is -0.885. The number of hydrogen-bond donors (Lipinski definition) is 3. The average molecular weight is 243 g/mol. The van der Waals surface area contributed by atoms with Crippen LogP contribution in [0.25, 0.3) is 0 Å². The van der Waals surface area contributed by atoms with Gasteiger partial charge in [-0.25, -0.2) is 13.1 Å². The first-order chi connectivity index (χ1) is 7.34. The lowest BCUT2D eigenvalue weighted by atomic mass is 9.80. The lowest BCUT2D eigenvalue weighted by Gasteiger charge is -2.12. The highest BCUT2D eigenvalue weighted by Crippen LogP contribution is 2.06. The highest BCUT2D eigenvalue weighted by atomic mass is 32.2. The minimum Gasteiger partial charge on any atom is -0.423 e. The first-order valence-electron chi connectivity index (χ1n) is 4.82. The van der Waals surface area contributed by atoms with Gasteiger partial charge in [-0.1, -0.05) is 18.2 Å². The molecule has 0 bridgehead atoms. The number of sulfonamides is 1. The lowest BCUT2D eigenvalue weighted by Crippen LogP contribution is -2.39. The Bertz CT molecular complexity index is 458. The highest BCUT2D eigenvalue weighted by molar-refractivity contribution is 7.89. The molecule has 0 aliphatic carbocycles. The summed E-state index contributed by atoms with van der Waals surface area (Å²) in [5.41, 5.74) is -0.0318. The summed E-state index contributed by atoms with van der Waals surface area (Å²) in [4.78, 5) is -0.112. The third kappa shape index (κ3) is 3.05. The predicted molar refractivity (Wildman–Crippen MR) is 61.7 cm³/mol. The molecule has 1 aromatic rings. The Labute approximate surface area is 95.3 Å². The van der Waals surface area contributed by atoms with Gasteiger partial charge < -0.3 is 10.0 Å². The topological polar surface area (TPSA) is 86.6 Å². The summed E-state index contributed by atoms with van der Waals surface area (Å²) < 4.78 is 26.0. The minimum absolute atomic E-state index is 0.0318. The largest absolute Gasteiger partial charge is 0.489 e. The fourth-order valence-electron chi connectivity index (χ4n) is 1.31. The van der Waals surface area contributed by atoms with E-state index in [0.717, 1.165) is 0 Å². The Balaban J connectivity index is 3.22. The first-order valence-corrected chi connectivity index (χ1v) is 6.30. The summed E-state index contributed by atoms with van der Waals surface area (Å²) in [6.07, 6.45) is 0. The molecular weight excluding hydrogens is 229 g/mol. The van der Waals surface area contributed by atoms with Gasteiger partial charge in [-0.3, -0.25) is 0 Å². The van der Waals surface area contributed by atoms with Crippen LogP contribution in [0, 0.1) is 0 Å². The van der Waals surface area contributed by atoms with Gasteiger partial charge in [0.05, 0.1) is 4.90 Å². The van der Waals surface area contributed by atoms with Gasteiger partial charge in [-0.05, 0) is 19.9 Å². The third-order valence-corrected chi connectivity index (χ3v) is 3.61. The number of hydrogen-bond acceptors (Lipinski definition) is 4. The molecule has 3 N–H and O–H groups in total. The van der Waals surface area contributed by atoms with E-state index in [-0.39, 0.29) is 16.4 Å². The molecule has 7 heteroatoms. The Morgan fingerprint density at radius 2 is 1.81 bits per heavy atom. The van der Waals surface area contributed by atoms with Crippen LogP contribution in [0.4, 0.5) is 0 Å². The van der Waals surface area contributed by atoms with E-state index >= 15 is 0 Å². The maximum Gasteiger partial charge on any atom is 0.489 e. The summed E-state index contributed by atoms with van der Waals surface area (Å²) in [7, 11) is -5.51. The molecule has 0 atom stereocenters. The number of rotatable bonds is 4. The molecule has 0 radical (unpaired) electrons. The van der Waals surface area contributed by atoms with Crippen LogP contribution >= 0.6 is 0 Å². The summed E-state index contributed by atoms with van der Waals surface area (Å²) in [5.74, 6) is 0. The summed E-state index contributed by atoms with van der Waals surface area (Å²) in [6.45, 7) is 3.38. The molecule has 0 unspecified atom stereocenters. The van der Waals surface area contributed by atoms with Crippen molar-refractivity contribution in [3.8, 4) is 0 Å². The van der Waals surface area contributed by atoms with Gasteiger partial charge in [0.25, 0.3) is 0 Å². The van der Waals surface area contributed by atoms with E-state index in [9.17, 15) is 8.42 Å². The summed E-state index contributed by atoms with van der Waals surface area (Å²) in [6, 6.07) is 5.51. The van der Waals surface area contributed by atoms with Gasteiger partial charge in [0, 0.05) is 11.5 Å².